The summed E-state index contributed by atoms with van der Waals surface area (Å²) in [6, 6.07) is 10.4. The van der Waals surface area contributed by atoms with Gasteiger partial charge < -0.3 is 19.4 Å². The second-order valence-corrected chi connectivity index (χ2v) is 6.16. The Morgan fingerprint density at radius 3 is 2.85 bits per heavy atom. The first-order valence-corrected chi connectivity index (χ1v) is 8.58. The van der Waals surface area contributed by atoms with Crippen molar-refractivity contribution in [2.45, 2.75) is 0 Å². The largest absolute Gasteiger partial charge is 0.424 e. The molecule has 0 spiro atoms. The lowest BCUT2D eigenvalue weighted by molar-refractivity contribution is 0.122. The first-order valence-electron chi connectivity index (χ1n) is 8.58. The number of aromatic nitrogens is 4. The molecule has 26 heavy (non-hydrogen) atoms. The molecule has 0 unspecified atom stereocenters. The van der Waals surface area contributed by atoms with E-state index < -0.39 is 0 Å². The number of ether oxygens (including phenoxy) is 1. The number of rotatable bonds is 3. The molecule has 4 aromatic rings. The van der Waals surface area contributed by atoms with Crippen LogP contribution in [0.5, 0.6) is 0 Å². The SMILES string of the molecule is CNc1nc2cc(-c3ccc4ncc(N5CCOCC5)n4n3)ccc2o1. The van der Waals surface area contributed by atoms with Gasteiger partial charge in [-0.25, -0.2) is 4.98 Å². The molecule has 1 aliphatic heterocycles. The van der Waals surface area contributed by atoms with E-state index in [9.17, 15) is 0 Å². The summed E-state index contributed by atoms with van der Waals surface area (Å²) in [4.78, 5) is 11.1. The average molecular weight is 350 g/mol. The number of nitrogens with one attached hydrogen (secondary N) is 1. The van der Waals surface area contributed by atoms with E-state index in [0.717, 1.165) is 60.1 Å². The Hall–Kier alpha value is -3.13. The van der Waals surface area contributed by atoms with Crippen molar-refractivity contribution in [3.63, 3.8) is 0 Å². The summed E-state index contributed by atoms with van der Waals surface area (Å²) < 4.78 is 12.9. The molecule has 0 atom stereocenters. The summed E-state index contributed by atoms with van der Waals surface area (Å²) in [5.41, 5.74) is 4.22. The molecule has 4 heterocycles. The minimum atomic E-state index is 0.504. The van der Waals surface area contributed by atoms with Crippen LogP contribution in [0.1, 0.15) is 0 Å². The maximum atomic E-state index is 5.59. The maximum absolute atomic E-state index is 5.59. The molecule has 0 amide bonds. The lowest BCUT2D eigenvalue weighted by atomic mass is 10.1. The fraction of sp³-hybridized carbons (Fsp3) is 0.278. The van der Waals surface area contributed by atoms with Crippen molar-refractivity contribution in [2.24, 2.45) is 0 Å². The highest BCUT2D eigenvalue weighted by atomic mass is 16.5. The van der Waals surface area contributed by atoms with Gasteiger partial charge in [-0.1, -0.05) is 0 Å². The monoisotopic (exact) mass is 350 g/mol. The van der Waals surface area contributed by atoms with E-state index in [-0.39, 0.29) is 0 Å². The van der Waals surface area contributed by atoms with Crippen LogP contribution in [0.2, 0.25) is 0 Å². The summed E-state index contributed by atoms with van der Waals surface area (Å²) in [5.74, 6) is 0.991. The third kappa shape index (κ3) is 2.46. The highest BCUT2D eigenvalue weighted by Gasteiger charge is 2.17. The molecule has 8 heteroatoms. The van der Waals surface area contributed by atoms with Crippen LogP contribution >= 0.6 is 0 Å². The van der Waals surface area contributed by atoms with Crippen molar-refractivity contribution in [3.05, 3.63) is 36.5 Å². The van der Waals surface area contributed by atoms with Crippen LogP contribution in [0, 0.1) is 0 Å². The Morgan fingerprint density at radius 1 is 1.12 bits per heavy atom. The molecule has 1 N–H and O–H groups in total. The Balaban J connectivity index is 1.58. The van der Waals surface area contributed by atoms with Gasteiger partial charge in [0.1, 0.15) is 5.52 Å². The molecule has 3 aromatic heterocycles. The van der Waals surface area contributed by atoms with Crippen molar-refractivity contribution in [1.82, 2.24) is 19.6 Å². The van der Waals surface area contributed by atoms with Gasteiger partial charge in [0.15, 0.2) is 17.0 Å². The first-order chi connectivity index (χ1) is 12.8. The summed E-state index contributed by atoms with van der Waals surface area (Å²) in [6.07, 6.45) is 1.87. The smallest absolute Gasteiger partial charge is 0.295 e. The van der Waals surface area contributed by atoms with Gasteiger partial charge in [-0.05, 0) is 30.3 Å². The second kappa shape index (κ2) is 5.99. The lowest BCUT2D eigenvalue weighted by Crippen LogP contribution is -2.37. The molecule has 8 nitrogen and oxygen atoms in total. The van der Waals surface area contributed by atoms with Crippen LogP contribution in [-0.2, 0) is 4.74 Å². The van der Waals surface area contributed by atoms with Crippen molar-refractivity contribution in [2.75, 3.05) is 43.6 Å². The number of hydrogen-bond donors (Lipinski definition) is 1. The zero-order valence-corrected chi connectivity index (χ0v) is 14.3. The lowest BCUT2D eigenvalue weighted by Gasteiger charge is -2.27. The van der Waals surface area contributed by atoms with Crippen LogP contribution in [0.15, 0.2) is 40.9 Å². The first kappa shape index (κ1) is 15.2. The van der Waals surface area contributed by atoms with Gasteiger partial charge in [0.2, 0.25) is 0 Å². The van der Waals surface area contributed by atoms with E-state index >= 15 is 0 Å². The highest BCUT2D eigenvalue weighted by molar-refractivity contribution is 5.80. The van der Waals surface area contributed by atoms with E-state index in [0.29, 0.717) is 6.01 Å². The third-order valence-corrected chi connectivity index (χ3v) is 4.58. The molecule has 1 aliphatic rings. The normalized spacial score (nSPS) is 15.0. The van der Waals surface area contributed by atoms with E-state index in [1.807, 2.05) is 41.0 Å². The van der Waals surface area contributed by atoms with Gasteiger partial charge in [-0.3, -0.25) is 0 Å². The topological polar surface area (TPSA) is 80.7 Å². The Labute approximate surface area is 149 Å². The zero-order valence-electron chi connectivity index (χ0n) is 14.3. The predicted octanol–water partition coefficient (Wildman–Crippen LogP) is 2.42. The van der Waals surface area contributed by atoms with E-state index in [4.69, 9.17) is 14.3 Å². The molecule has 1 aromatic carbocycles. The van der Waals surface area contributed by atoms with Crippen molar-refractivity contribution < 1.29 is 9.15 Å². The van der Waals surface area contributed by atoms with Crippen LogP contribution < -0.4 is 10.2 Å². The van der Waals surface area contributed by atoms with E-state index in [1.54, 1.807) is 7.05 Å². The zero-order chi connectivity index (χ0) is 17.5. The Kier molecular flexibility index (Phi) is 3.49. The number of morpholine rings is 1. The van der Waals surface area contributed by atoms with Gasteiger partial charge in [0.25, 0.3) is 6.01 Å². The number of imidazole rings is 1. The molecule has 5 rings (SSSR count). The molecule has 0 radical (unpaired) electrons. The summed E-state index contributed by atoms with van der Waals surface area (Å²) in [7, 11) is 1.79. The number of nitrogens with zero attached hydrogens (tertiary/aromatic N) is 5. The number of fused-ring (bicyclic) bond motifs is 2. The fourth-order valence-corrected chi connectivity index (χ4v) is 3.22. The number of hydrogen-bond acceptors (Lipinski definition) is 7. The summed E-state index contributed by atoms with van der Waals surface area (Å²) in [5, 5.41) is 7.73. The van der Waals surface area contributed by atoms with Gasteiger partial charge in [-0.15, -0.1) is 0 Å². The molecule has 0 bridgehead atoms. The quantitative estimate of drug-likeness (QED) is 0.608. The molecule has 0 aliphatic carbocycles. The Bertz CT molecular complexity index is 1080. The van der Waals surface area contributed by atoms with Crippen LogP contribution in [0.3, 0.4) is 0 Å². The maximum Gasteiger partial charge on any atom is 0.295 e. The van der Waals surface area contributed by atoms with Gasteiger partial charge in [-0.2, -0.15) is 14.6 Å². The highest BCUT2D eigenvalue weighted by Crippen LogP contribution is 2.26. The van der Waals surface area contributed by atoms with Crippen LogP contribution in [0.25, 0.3) is 28.0 Å². The third-order valence-electron chi connectivity index (χ3n) is 4.58. The minimum Gasteiger partial charge on any atom is -0.424 e. The average Bonchev–Trinajstić information content (AvgIpc) is 3.31. The fourth-order valence-electron chi connectivity index (χ4n) is 3.22. The molecule has 132 valence electrons. The minimum absolute atomic E-state index is 0.504. The predicted molar refractivity (Wildman–Crippen MR) is 98.6 cm³/mol. The van der Waals surface area contributed by atoms with Crippen LogP contribution in [-0.4, -0.2) is 52.9 Å². The van der Waals surface area contributed by atoms with Crippen molar-refractivity contribution >= 4 is 28.6 Å². The van der Waals surface area contributed by atoms with E-state index in [2.05, 4.69) is 20.2 Å². The van der Waals surface area contributed by atoms with Crippen LogP contribution in [0.4, 0.5) is 11.8 Å². The van der Waals surface area contributed by atoms with Gasteiger partial charge in [0.05, 0.1) is 25.1 Å². The number of anilines is 2. The summed E-state index contributed by atoms with van der Waals surface area (Å²) >= 11 is 0. The molecular formula is C18H18N6O2. The summed E-state index contributed by atoms with van der Waals surface area (Å²) in [6.45, 7) is 3.14. The molecule has 1 saturated heterocycles. The van der Waals surface area contributed by atoms with Gasteiger partial charge >= 0.3 is 0 Å². The second-order valence-electron chi connectivity index (χ2n) is 6.16. The van der Waals surface area contributed by atoms with Gasteiger partial charge in [0, 0.05) is 25.7 Å². The Morgan fingerprint density at radius 2 is 2.00 bits per heavy atom. The van der Waals surface area contributed by atoms with Crippen molar-refractivity contribution in [1.29, 1.82) is 0 Å². The molecular weight excluding hydrogens is 332 g/mol. The van der Waals surface area contributed by atoms with E-state index in [1.165, 1.54) is 0 Å². The number of benzene rings is 1. The number of oxazole rings is 1. The van der Waals surface area contributed by atoms with Crippen molar-refractivity contribution in [3.8, 4) is 11.3 Å². The molecule has 0 saturated carbocycles. The standard InChI is InChI=1S/C18H18N6O2/c1-19-18-21-14-10-12(2-4-15(14)26-18)13-3-5-16-20-11-17(24(16)22-13)23-6-8-25-9-7-23/h2-5,10-11H,6-9H2,1H3,(H,19,21). The molecule has 1 fully saturated rings.